The molecule has 1 aromatic carbocycles. The monoisotopic (exact) mass is 228 g/mol. The molecule has 15 heavy (non-hydrogen) atoms. The fraction of sp³-hybridized carbons (Fsp3) is 0.364. The zero-order valence-corrected chi connectivity index (χ0v) is 9.64. The van der Waals surface area contributed by atoms with Crippen LogP contribution in [-0.2, 0) is 11.2 Å². The van der Waals surface area contributed by atoms with Gasteiger partial charge in [0.15, 0.2) is 0 Å². The number of carboxylic acids is 1. The van der Waals surface area contributed by atoms with E-state index in [1.165, 1.54) is 0 Å². The van der Waals surface area contributed by atoms with E-state index in [4.69, 9.17) is 16.7 Å². The predicted octanol–water partition coefficient (Wildman–Crippen LogP) is 2.60. The minimum absolute atomic E-state index is 0.0387. The first-order valence-electron chi connectivity index (χ1n) is 4.55. The number of rotatable bonds is 2. The van der Waals surface area contributed by atoms with E-state index in [0.29, 0.717) is 21.7 Å². The van der Waals surface area contributed by atoms with Gasteiger partial charge in [-0.1, -0.05) is 11.6 Å². The molecule has 0 fully saturated rings. The van der Waals surface area contributed by atoms with Crippen LogP contribution in [0.3, 0.4) is 0 Å². The molecule has 2 N–H and O–H groups in total. The molecule has 0 aliphatic heterocycles. The first-order valence-corrected chi connectivity index (χ1v) is 4.93. The highest BCUT2D eigenvalue weighted by atomic mass is 35.5. The smallest absolute Gasteiger partial charge is 0.307 e. The Morgan fingerprint density at radius 3 is 2.20 bits per heavy atom. The number of phenolic OH excluding ortho intramolecular Hbond substituents is 1. The highest BCUT2D eigenvalue weighted by Crippen LogP contribution is 2.35. The maximum atomic E-state index is 10.6. The first-order chi connectivity index (χ1) is 6.86. The number of carboxylic acid groups (broad SMARTS) is 1. The van der Waals surface area contributed by atoms with E-state index in [1.807, 2.05) is 0 Å². The van der Waals surface area contributed by atoms with Crippen LogP contribution in [0.4, 0.5) is 0 Å². The van der Waals surface area contributed by atoms with Crippen molar-refractivity contribution >= 4 is 17.6 Å². The Labute approximate surface area is 93.3 Å². The van der Waals surface area contributed by atoms with Gasteiger partial charge in [0.1, 0.15) is 5.75 Å². The second kappa shape index (κ2) is 4.11. The molecular formula is C11H13ClO3. The maximum absolute atomic E-state index is 10.6. The summed E-state index contributed by atoms with van der Waals surface area (Å²) in [6, 6.07) is 0. The average molecular weight is 229 g/mol. The average Bonchev–Trinajstić information content (AvgIpc) is 2.18. The third-order valence-corrected chi connectivity index (χ3v) is 3.21. The van der Waals surface area contributed by atoms with Gasteiger partial charge < -0.3 is 10.2 Å². The number of carbonyl (C=O) groups is 1. The molecule has 0 bridgehead atoms. The molecule has 82 valence electrons. The topological polar surface area (TPSA) is 57.5 Å². The molecule has 0 heterocycles. The van der Waals surface area contributed by atoms with Crippen molar-refractivity contribution in [3.05, 3.63) is 27.3 Å². The quantitative estimate of drug-likeness (QED) is 0.818. The van der Waals surface area contributed by atoms with E-state index in [9.17, 15) is 9.90 Å². The molecule has 0 amide bonds. The molecule has 1 aromatic rings. The summed E-state index contributed by atoms with van der Waals surface area (Å²) in [6.07, 6.45) is -0.210. The number of aliphatic carboxylic acids is 1. The van der Waals surface area contributed by atoms with Crippen LogP contribution < -0.4 is 0 Å². The second-order valence-corrected chi connectivity index (χ2v) is 3.96. The summed E-state index contributed by atoms with van der Waals surface area (Å²) in [6.45, 7) is 5.24. The number of hydrogen-bond acceptors (Lipinski definition) is 2. The van der Waals surface area contributed by atoms with Crippen LogP contribution in [0.15, 0.2) is 0 Å². The summed E-state index contributed by atoms with van der Waals surface area (Å²) in [7, 11) is 0. The number of halogens is 1. The van der Waals surface area contributed by atoms with Crippen LogP contribution in [0.1, 0.15) is 22.3 Å². The van der Waals surface area contributed by atoms with Gasteiger partial charge in [-0.25, -0.2) is 0 Å². The molecule has 0 saturated heterocycles. The molecule has 0 unspecified atom stereocenters. The van der Waals surface area contributed by atoms with Crippen LogP contribution in [0.2, 0.25) is 5.02 Å². The van der Waals surface area contributed by atoms with Crippen molar-refractivity contribution in [2.45, 2.75) is 27.2 Å². The summed E-state index contributed by atoms with van der Waals surface area (Å²) in [5.41, 5.74) is 2.47. The number of aromatic hydroxyl groups is 1. The van der Waals surface area contributed by atoms with Gasteiger partial charge in [0.05, 0.1) is 6.42 Å². The fourth-order valence-corrected chi connectivity index (χ4v) is 1.78. The molecule has 0 saturated carbocycles. The van der Waals surface area contributed by atoms with Crippen molar-refractivity contribution in [1.29, 1.82) is 0 Å². The van der Waals surface area contributed by atoms with Crippen LogP contribution in [0, 0.1) is 20.8 Å². The van der Waals surface area contributed by atoms with Gasteiger partial charge >= 0.3 is 5.97 Å². The zero-order valence-electron chi connectivity index (χ0n) is 8.89. The summed E-state index contributed by atoms with van der Waals surface area (Å²) in [5, 5.41) is 19.1. The minimum Gasteiger partial charge on any atom is -0.507 e. The van der Waals surface area contributed by atoms with Gasteiger partial charge in [-0.15, -0.1) is 0 Å². The van der Waals surface area contributed by atoms with Crippen molar-refractivity contribution in [3.8, 4) is 5.75 Å². The van der Waals surface area contributed by atoms with Gasteiger partial charge in [0.25, 0.3) is 0 Å². The van der Waals surface area contributed by atoms with Gasteiger partial charge in [0.2, 0.25) is 0 Å². The maximum Gasteiger partial charge on any atom is 0.307 e. The van der Waals surface area contributed by atoms with E-state index in [2.05, 4.69) is 0 Å². The van der Waals surface area contributed by atoms with Crippen molar-refractivity contribution in [1.82, 2.24) is 0 Å². The van der Waals surface area contributed by atoms with Crippen molar-refractivity contribution < 1.29 is 15.0 Å². The SMILES string of the molecule is Cc1c(C)c(Cl)c(C)c(CC(=O)O)c1O. The Balaban J connectivity index is 3.45. The Morgan fingerprint density at radius 2 is 1.73 bits per heavy atom. The number of phenols is 1. The highest BCUT2D eigenvalue weighted by Gasteiger charge is 2.17. The highest BCUT2D eigenvalue weighted by molar-refractivity contribution is 6.32. The lowest BCUT2D eigenvalue weighted by Gasteiger charge is -2.14. The standard InChI is InChI=1S/C11H13ClO3/c1-5-6(2)11(15)8(4-9(13)14)7(3)10(5)12/h15H,4H2,1-3H3,(H,13,14). The Morgan fingerprint density at radius 1 is 1.20 bits per heavy atom. The van der Waals surface area contributed by atoms with Crippen LogP contribution in [-0.4, -0.2) is 16.2 Å². The van der Waals surface area contributed by atoms with Crippen molar-refractivity contribution in [3.63, 3.8) is 0 Å². The lowest BCUT2D eigenvalue weighted by atomic mass is 9.97. The number of hydrogen-bond donors (Lipinski definition) is 2. The first kappa shape index (κ1) is 11.9. The molecule has 1 rings (SSSR count). The molecule has 0 aliphatic carbocycles. The van der Waals surface area contributed by atoms with Crippen LogP contribution in [0.5, 0.6) is 5.75 Å². The summed E-state index contributed by atoms with van der Waals surface area (Å²) < 4.78 is 0. The van der Waals surface area contributed by atoms with Crippen molar-refractivity contribution in [2.75, 3.05) is 0 Å². The Hall–Kier alpha value is -1.22. The fourth-order valence-electron chi connectivity index (χ4n) is 1.53. The lowest BCUT2D eigenvalue weighted by molar-refractivity contribution is -0.136. The molecular weight excluding hydrogens is 216 g/mol. The molecule has 0 atom stereocenters. The molecule has 0 aliphatic rings. The molecule has 4 heteroatoms. The zero-order chi connectivity index (χ0) is 11.7. The summed E-state index contributed by atoms with van der Waals surface area (Å²) >= 11 is 6.04. The normalized spacial score (nSPS) is 10.4. The number of benzene rings is 1. The summed E-state index contributed by atoms with van der Waals surface area (Å²) in [5.74, 6) is -0.940. The molecule has 0 spiro atoms. The van der Waals surface area contributed by atoms with Crippen LogP contribution in [0.25, 0.3) is 0 Å². The summed E-state index contributed by atoms with van der Waals surface area (Å²) in [4.78, 5) is 10.6. The molecule has 3 nitrogen and oxygen atoms in total. The predicted molar refractivity (Wildman–Crippen MR) is 58.7 cm³/mol. The Kier molecular flexibility index (Phi) is 3.25. The molecule has 0 radical (unpaired) electrons. The van der Waals surface area contributed by atoms with Gasteiger partial charge in [0, 0.05) is 10.6 Å². The third kappa shape index (κ3) is 2.07. The third-order valence-electron chi connectivity index (χ3n) is 2.64. The van der Waals surface area contributed by atoms with E-state index < -0.39 is 5.97 Å². The second-order valence-electron chi connectivity index (χ2n) is 3.59. The molecule has 0 aromatic heterocycles. The van der Waals surface area contributed by atoms with E-state index in [1.54, 1.807) is 20.8 Å². The van der Waals surface area contributed by atoms with Gasteiger partial charge in [-0.3, -0.25) is 4.79 Å². The minimum atomic E-state index is -0.979. The lowest BCUT2D eigenvalue weighted by Crippen LogP contribution is -2.04. The van der Waals surface area contributed by atoms with Crippen molar-refractivity contribution in [2.24, 2.45) is 0 Å². The largest absolute Gasteiger partial charge is 0.507 e. The van der Waals surface area contributed by atoms with E-state index in [-0.39, 0.29) is 12.2 Å². The van der Waals surface area contributed by atoms with E-state index in [0.717, 1.165) is 5.56 Å². The Bertz CT molecular complexity index is 395. The van der Waals surface area contributed by atoms with Gasteiger partial charge in [-0.05, 0) is 37.5 Å². The van der Waals surface area contributed by atoms with Crippen LogP contribution >= 0.6 is 11.6 Å². The van der Waals surface area contributed by atoms with Gasteiger partial charge in [-0.2, -0.15) is 0 Å². The van der Waals surface area contributed by atoms with E-state index >= 15 is 0 Å².